The highest BCUT2D eigenvalue weighted by Gasteiger charge is 2.33. The molecule has 66 valence electrons. The number of aromatic nitrogens is 1. The Hall–Kier alpha value is -0.910. The summed E-state index contributed by atoms with van der Waals surface area (Å²) in [5, 5.41) is -0.109. The number of ketones is 1. The molecule has 0 fully saturated rings. The van der Waals surface area contributed by atoms with Crippen LogP contribution in [-0.2, 0) is 6.18 Å². The van der Waals surface area contributed by atoms with Crippen LogP contribution < -0.4 is 0 Å². The summed E-state index contributed by atoms with van der Waals surface area (Å²) >= 11 is 0.362. The quantitative estimate of drug-likeness (QED) is 0.644. The zero-order chi connectivity index (χ0) is 9.35. The van der Waals surface area contributed by atoms with Crippen LogP contribution in [0.25, 0.3) is 0 Å². The third-order valence-electron chi connectivity index (χ3n) is 1.09. The molecule has 6 heteroatoms. The summed E-state index contributed by atoms with van der Waals surface area (Å²) in [6, 6.07) is 0. The van der Waals surface area contributed by atoms with Gasteiger partial charge in [0.2, 0.25) is 0 Å². The summed E-state index contributed by atoms with van der Waals surface area (Å²) < 4.78 is 35.8. The van der Waals surface area contributed by atoms with E-state index in [1.54, 1.807) is 0 Å². The molecule has 0 amide bonds. The van der Waals surface area contributed by atoms with Crippen molar-refractivity contribution in [1.29, 1.82) is 0 Å². The van der Waals surface area contributed by atoms with Crippen molar-refractivity contribution in [3.05, 3.63) is 16.1 Å². The SMILES string of the molecule is CC(=O)c1ncc(C(F)(F)F)s1. The highest BCUT2D eigenvalue weighted by molar-refractivity contribution is 7.13. The van der Waals surface area contributed by atoms with E-state index in [-0.39, 0.29) is 5.01 Å². The fourth-order valence-corrected chi connectivity index (χ4v) is 1.25. The Morgan fingerprint density at radius 3 is 2.42 bits per heavy atom. The first-order valence-electron chi connectivity index (χ1n) is 2.95. The van der Waals surface area contributed by atoms with Gasteiger partial charge in [0, 0.05) is 6.92 Å². The Labute approximate surface area is 70.0 Å². The molecule has 1 heterocycles. The molecule has 1 rings (SSSR count). The first-order chi connectivity index (χ1) is 5.41. The van der Waals surface area contributed by atoms with Gasteiger partial charge >= 0.3 is 6.18 Å². The van der Waals surface area contributed by atoms with Crippen LogP contribution in [0.15, 0.2) is 6.20 Å². The summed E-state index contributed by atoms with van der Waals surface area (Å²) in [5.74, 6) is -0.449. The number of hydrogen-bond donors (Lipinski definition) is 0. The average Bonchev–Trinajstić information content (AvgIpc) is 2.30. The molecule has 0 saturated carbocycles. The first-order valence-corrected chi connectivity index (χ1v) is 3.77. The largest absolute Gasteiger partial charge is 0.427 e. The van der Waals surface area contributed by atoms with Crippen molar-refractivity contribution < 1.29 is 18.0 Å². The van der Waals surface area contributed by atoms with Crippen molar-refractivity contribution in [1.82, 2.24) is 4.98 Å². The Morgan fingerprint density at radius 2 is 2.17 bits per heavy atom. The second-order valence-electron chi connectivity index (χ2n) is 2.08. The number of alkyl halides is 3. The minimum absolute atomic E-state index is 0.109. The highest BCUT2D eigenvalue weighted by Crippen LogP contribution is 2.33. The standard InChI is InChI=1S/C6H4F3NOS/c1-3(11)5-10-2-4(12-5)6(7,8)9/h2H,1H3. The summed E-state index contributed by atoms with van der Waals surface area (Å²) in [4.78, 5) is 13.1. The number of Topliss-reactive ketones (excluding diaryl/α,β-unsaturated/α-hetero) is 1. The molecule has 1 aromatic heterocycles. The van der Waals surface area contributed by atoms with Crippen LogP contribution in [0.2, 0.25) is 0 Å². The van der Waals surface area contributed by atoms with Crippen molar-refractivity contribution in [2.75, 3.05) is 0 Å². The molecular formula is C6H4F3NOS. The van der Waals surface area contributed by atoms with Crippen LogP contribution in [0.4, 0.5) is 13.2 Å². The number of hydrogen-bond acceptors (Lipinski definition) is 3. The molecule has 0 spiro atoms. The second kappa shape index (κ2) is 2.85. The Bertz CT molecular complexity index is 304. The van der Waals surface area contributed by atoms with Gasteiger partial charge in [0.15, 0.2) is 10.8 Å². The van der Waals surface area contributed by atoms with Crippen molar-refractivity contribution in [3.8, 4) is 0 Å². The monoisotopic (exact) mass is 195 g/mol. The number of rotatable bonds is 1. The van der Waals surface area contributed by atoms with E-state index in [1.165, 1.54) is 6.92 Å². The van der Waals surface area contributed by atoms with E-state index in [1.807, 2.05) is 0 Å². The zero-order valence-electron chi connectivity index (χ0n) is 5.97. The van der Waals surface area contributed by atoms with E-state index >= 15 is 0 Å². The lowest BCUT2D eigenvalue weighted by atomic mass is 10.5. The van der Waals surface area contributed by atoms with E-state index in [9.17, 15) is 18.0 Å². The number of thiazole rings is 1. The summed E-state index contributed by atoms with van der Waals surface area (Å²) in [5.41, 5.74) is 0. The van der Waals surface area contributed by atoms with Crippen LogP contribution in [0.5, 0.6) is 0 Å². The number of nitrogens with zero attached hydrogens (tertiary/aromatic N) is 1. The van der Waals surface area contributed by atoms with Crippen LogP contribution in [0.3, 0.4) is 0 Å². The molecule has 0 unspecified atom stereocenters. The molecule has 1 aromatic rings. The van der Waals surface area contributed by atoms with E-state index in [4.69, 9.17) is 0 Å². The number of carbonyl (C=O) groups is 1. The topological polar surface area (TPSA) is 30.0 Å². The predicted molar refractivity (Wildman–Crippen MR) is 37.1 cm³/mol. The molecule has 0 aromatic carbocycles. The van der Waals surface area contributed by atoms with Gasteiger partial charge in [-0.2, -0.15) is 13.2 Å². The van der Waals surface area contributed by atoms with Gasteiger partial charge in [-0.3, -0.25) is 4.79 Å². The van der Waals surface area contributed by atoms with Gasteiger partial charge in [0.05, 0.1) is 6.20 Å². The maximum absolute atomic E-state index is 11.9. The number of carbonyl (C=O) groups excluding carboxylic acids is 1. The second-order valence-corrected chi connectivity index (χ2v) is 3.11. The minimum atomic E-state index is -4.40. The summed E-state index contributed by atoms with van der Waals surface area (Å²) in [7, 11) is 0. The lowest BCUT2D eigenvalue weighted by Crippen LogP contribution is -2.00. The first kappa shape index (κ1) is 9.18. The van der Waals surface area contributed by atoms with Crippen LogP contribution in [0, 0.1) is 0 Å². The van der Waals surface area contributed by atoms with Gasteiger partial charge < -0.3 is 0 Å². The number of halogens is 3. The zero-order valence-corrected chi connectivity index (χ0v) is 6.79. The average molecular weight is 195 g/mol. The molecular weight excluding hydrogens is 191 g/mol. The smallest absolute Gasteiger partial charge is 0.292 e. The molecule has 0 bridgehead atoms. The predicted octanol–water partition coefficient (Wildman–Crippen LogP) is 2.36. The molecule has 12 heavy (non-hydrogen) atoms. The van der Waals surface area contributed by atoms with Gasteiger partial charge in [-0.05, 0) is 0 Å². The molecule has 0 N–H and O–H groups in total. The fraction of sp³-hybridized carbons (Fsp3) is 0.333. The highest BCUT2D eigenvalue weighted by atomic mass is 32.1. The minimum Gasteiger partial charge on any atom is -0.292 e. The molecule has 0 aliphatic heterocycles. The third-order valence-corrected chi connectivity index (χ3v) is 2.23. The van der Waals surface area contributed by atoms with Crippen molar-refractivity contribution >= 4 is 17.1 Å². The van der Waals surface area contributed by atoms with Crippen molar-refractivity contribution in [2.45, 2.75) is 13.1 Å². The summed E-state index contributed by atoms with van der Waals surface area (Å²) in [6.07, 6.45) is -3.73. The maximum Gasteiger partial charge on any atom is 0.427 e. The van der Waals surface area contributed by atoms with E-state index < -0.39 is 16.8 Å². The van der Waals surface area contributed by atoms with Crippen LogP contribution in [0.1, 0.15) is 21.6 Å². The molecule has 0 aliphatic rings. The maximum atomic E-state index is 11.9. The van der Waals surface area contributed by atoms with E-state index in [0.717, 1.165) is 0 Å². The normalized spacial score (nSPS) is 11.7. The molecule has 0 saturated heterocycles. The van der Waals surface area contributed by atoms with Gasteiger partial charge in [-0.15, -0.1) is 11.3 Å². The summed E-state index contributed by atoms with van der Waals surface area (Å²) in [6.45, 7) is 1.18. The van der Waals surface area contributed by atoms with E-state index in [0.29, 0.717) is 17.5 Å². The Kier molecular flexibility index (Phi) is 2.18. The molecule has 2 nitrogen and oxygen atoms in total. The lowest BCUT2D eigenvalue weighted by Gasteiger charge is -1.98. The van der Waals surface area contributed by atoms with Gasteiger partial charge in [0.1, 0.15) is 4.88 Å². The third kappa shape index (κ3) is 1.82. The Balaban J connectivity index is 3.00. The van der Waals surface area contributed by atoms with Gasteiger partial charge in [-0.25, -0.2) is 4.98 Å². The van der Waals surface area contributed by atoms with Crippen molar-refractivity contribution in [3.63, 3.8) is 0 Å². The molecule has 0 aliphatic carbocycles. The van der Waals surface area contributed by atoms with Gasteiger partial charge in [-0.1, -0.05) is 0 Å². The molecule has 0 atom stereocenters. The van der Waals surface area contributed by atoms with Crippen LogP contribution in [-0.4, -0.2) is 10.8 Å². The lowest BCUT2D eigenvalue weighted by molar-refractivity contribution is -0.134. The van der Waals surface area contributed by atoms with Crippen molar-refractivity contribution in [2.24, 2.45) is 0 Å². The van der Waals surface area contributed by atoms with Crippen LogP contribution >= 0.6 is 11.3 Å². The fourth-order valence-electron chi connectivity index (χ4n) is 0.568. The molecule has 0 radical (unpaired) electrons. The Morgan fingerprint density at radius 1 is 1.58 bits per heavy atom. The van der Waals surface area contributed by atoms with E-state index in [2.05, 4.69) is 4.98 Å². The van der Waals surface area contributed by atoms with Gasteiger partial charge in [0.25, 0.3) is 0 Å².